The highest BCUT2D eigenvalue weighted by atomic mass is 19.1. The van der Waals surface area contributed by atoms with Crippen LogP contribution in [-0.2, 0) is 14.3 Å². The van der Waals surface area contributed by atoms with Gasteiger partial charge in [-0.05, 0) is 36.8 Å². The van der Waals surface area contributed by atoms with Crippen LogP contribution in [0.25, 0.3) is 5.76 Å². The largest absolute Gasteiger partial charge is 0.507 e. The van der Waals surface area contributed by atoms with E-state index < -0.39 is 23.5 Å². The summed E-state index contributed by atoms with van der Waals surface area (Å²) in [5.41, 5.74) is 0.420. The number of likely N-dealkylation sites (tertiary alicyclic amines) is 1. The van der Waals surface area contributed by atoms with Crippen molar-refractivity contribution < 1.29 is 28.6 Å². The highest BCUT2D eigenvalue weighted by molar-refractivity contribution is 6.46. The smallest absolute Gasteiger partial charge is 0.295 e. The van der Waals surface area contributed by atoms with Crippen molar-refractivity contribution in [2.45, 2.75) is 19.4 Å². The number of halogens is 1. The Balaban J connectivity index is 1.69. The molecule has 2 aliphatic heterocycles. The molecule has 0 aliphatic carbocycles. The van der Waals surface area contributed by atoms with Crippen molar-refractivity contribution in [2.75, 3.05) is 46.0 Å². The third-order valence-electron chi connectivity index (χ3n) is 6.10. The van der Waals surface area contributed by atoms with Crippen molar-refractivity contribution in [2.24, 2.45) is 0 Å². The molecule has 4 rings (SSSR count). The molecular formula is C26H29FN2O5. The summed E-state index contributed by atoms with van der Waals surface area (Å²) >= 11 is 0. The van der Waals surface area contributed by atoms with E-state index in [1.165, 1.54) is 11.0 Å². The predicted molar refractivity (Wildman–Crippen MR) is 125 cm³/mol. The Bertz CT molecular complexity index is 1060. The fourth-order valence-corrected chi connectivity index (χ4v) is 4.29. The summed E-state index contributed by atoms with van der Waals surface area (Å²) in [6, 6.07) is 11.7. The number of carbonyl (C=O) groups is 2. The standard InChI is InChI=1S/C26H29FN2O5/c1-2-15-34-19-9-7-18(8-10-19)24(30)22-23(20-5-3-4-6-21(20)27)29(26(32)25(22)31)12-11-28-13-16-33-17-14-28/h3-10,23,30H,2,11-17H2,1H3/b24-22-. The molecule has 1 amide bonds. The zero-order valence-corrected chi connectivity index (χ0v) is 19.2. The van der Waals surface area contributed by atoms with Crippen molar-refractivity contribution in [1.29, 1.82) is 0 Å². The molecule has 8 heteroatoms. The SMILES string of the molecule is CCCOc1ccc(/C(O)=C2/C(=O)C(=O)N(CCN3CCOCC3)C2c2ccccc2F)cc1. The average Bonchev–Trinajstić information content (AvgIpc) is 3.11. The second-order valence-electron chi connectivity index (χ2n) is 8.34. The van der Waals surface area contributed by atoms with Gasteiger partial charge in [-0.15, -0.1) is 0 Å². The van der Waals surface area contributed by atoms with Crippen LogP contribution in [0.15, 0.2) is 54.1 Å². The fraction of sp³-hybridized carbons (Fsp3) is 0.385. The van der Waals surface area contributed by atoms with Crippen LogP contribution in [0.3, 0.4) is 0 Å². The first-order valence-electron chi connectivity index (χ1n) is 11.6. The van der Waals surface area contributed by atoms with E-state index >= 15 is 0 Å². The van der Waals surface area contributed by atoms with Gasteiger partial charge in [-0.2, -0.15) is 0 Å². The first-order chi connectivity index (χ1) is 16.5. The molecule has 34 heavy (non-hydrogen) atoms. The predicted octanol–water partition coefficient (Wildman–Crippen LogP) is 3.37. The molecule has 180 valence electrons. The lowest BCUT2D eigenvalue weighted by atomic mass is 9.95. The van der Waals surface area contributed by atoms with Crippen molar-refractivity contribution >= 4 is 17.4 Å². The summed E-state index contributed by atoms with van der Waals surface area (Å²) in [6.07, 6.45) is 0.859. The van der Waals surface area contributed by atoms with Gasteiger partial charge in [-0.25, -0.2) is 4.39 Å². The minimum atomic E-state index is -1.02. The number of hydrogen-bond acceptors (Lipinski definition) is 6. The van der Waals surface area contributed by atoms with Gasteiger partial charge in [-0.1, -0.05) is 25.1 Å². The summed E-state index contributed by atoms with van der Waals surface area (Å²) in [5.74, 6) is -1.80. The van der Waals surface area contributed by atoms with E-state index in [2.05, 4.69) is 4.90 Å². The van der Waals surface area contributed by atoms with Crippen LogP contribution in [0.5, 0.6) is 5.75 Å². The number of ketones is 1. The molecule has 2 heterocycles. The van der Waals surface area contributed by atoms with Crippen molar-refractivity contribution in [3.05, 3.63) is 71.0 Å². The van der Waals surface area contributed by atoms with E-state index in [0.29, 0.717) is 37.7 Å². The summed E-state index contributed by atoms with van der Waals surface area (Å²) in [6.45, 7) is 5.96. The maximum Gasteiger partial charge on any atom is 0.295 e. The van der Waals surface area contributed by atoms with E-state index in [1.54, 1.807) is 42.5 Å². The van der Waals surface area contributed by atoms with Crippen molar-refractivity contribution in [1.82, 2.24) is 9.80 Å². The van der Waals surface area contributed by atoms with Gasteiger partial charge in [-0.3, -0.25) is 14.5 Å². The van der Waals surface area contributed by atoms with Crippen molar-refractivity contribution in [3.8, 4) is 5.75 Å². The van der Waals surface area contributed by atoms with Crippen LogP contribution in [0, 0.1) is 5.82 Å². The van der Waals surface area contributed by atoms with Crippen LogP contribution < -0.4 is 4.74 Å². The van der Waals surface area contributed by atoms with E-state index in [0.717, 1.165) is 19.5 Å². The lowest BCUT2D eigenvalue weighted by molar-refractivity contribution is -0.140. The molecule has 2 fully saturated rings. The number of ether oxygens (including phenoxy) is 2. The number of aliphatic hydroxyl groups is 1. The van der Waals surface area contributed by atoms with Gasteiger partial charge < -0.3 is 19.5 Å². The Morgan fingerprint density at radius 2 is 1.79 bits per heavy atom. The van der Waals surface area contributed by atoms with E-state index in [9.17, 15) is 19.1 Å². The Labute approximate surface area is 198 Å². The van der Waals surface area contributed by atoms with Gasteiger partial charge in [0.1, 0.15) is 17.3 Å². The number of nitrogens with zero attached hydrogens (tertiary/aromatic N) is 2. The van der Waals surface area contributed by atoms with Crippen LogP contribution in [-0.4, -0.2) is 72.6 Å². The molecule has 2 aromatic carbocycles. The van der Waals surface area contributed by atoms with Gasteiger partial charge in [0.2, 0.25) is 0 Å². The number of amides is 1. The Morgan fingerprint density at radius 1 is 1.09 bits per heavy atom. The normalized spacial score (nSPS) is 20.6. The monoisotopic (exact) mass is 468 g/mol. The Hall–Kier alpha value is -3.23. The lowest BCUT2D eigenvalue weighted by Crippen LogP contribution is -2.42. The quantitative estimate of drug-likeness (QED) is 0.364. The van der Waals surface area contributed by atoms with Crippen LogP contribution in [0.1, 0.15) is 30.5 Å². The lowest BCUT2D eigenvalue weighted by Gasteiger charge is -2.31. The third-order valence-corrected chi connectivity index (χ3v) is 6.10. The Morgan fingerprint density at radius 3 is 2.47 bits per heavy atom. The first-order valence-corrected chi connectivity index (χ1v) is 11.6. The zero-order valence-electron chi connectivity index (χ0n) is 19.2. The molecule has 7 nitrogen and oxygen atoms in total. The molecule has 0 saturated carbocycles. The summed E-state index contributed by atoms with van der Waals surface area (Å²) in [7, 11) is 0. The van der Waals surface area contributed by atoms with E-state index in [-0.39, 0.29) is 23.4 Å². The maximum absolute atomic E-state index is 14.9. The number of rotatable bonds is 8. The molecule has 2 saturated heterocycles. The summed E-state index contributed by atoms with van der Waals surface area (Å²) in [5, 5.41) is 11.1. The molecule has 0 aromatic heterocycles. The minimum absolute atomic E-state index is 0.112. The van der Waals surface area contributed by atoms with Crippen LogP contribution in [0.4, 0.5) is 4.39 Å². The zero-order chi connectivity index (χ0) is 24.1. The second kappa shape index (κ2) is 10.8. The molecule has 0 spiro atoms. The maximum atomic E-state index is 14.9. The molecule has 0 bridgehead atoms. The van der Waals surface area contributed by atoms with Gasteiger partial charge >= 0.3 is 0 Å². The molecular weight excluding hydrogens is 439 g/mol. The number of morpholine rings is 1. The highest BCUT2D eigenvalue weighted by Gasteiger charge is 2.46. The summed E-state index contributed by atoms with van der Waals surface area (Å²) in [4.78, 5) is 29.6. The van der Waals surface area contributed by atoms with E-state index in [1.807, 2.05) is 6.92 Å². The Kier molecular flexibility index (Phi) is 7.59. The first kappa shape index (κ1) is 23.9. The average molecular weight is 469 g/mol. The molecule has 1 N–H and O–H groups in total. The van der Waals surface area contributed by atoms with Crippen LogP contribution >= 0.6 is 0 Å². The van der Waals surface area contributed by atoms with E-state index in [4.69, 9.17) is 9.47 Å². The molecule has 2 aromatic rings. The summed E-state index contributed by atoms with van der Waals surface area (Å²) < 4.78 is 25.8. The van der Waals surface area contributed by atoms with Gasteiger partial charge in [0, 0.05) is 37.3 Å². The number of aliphatic hydroxyl groups excluding tert-OH is 1. The van der Waals surface area contributed by atoms with Crippen molar-refractivity contribution in [3.63, 3.8) is 0 Å². The molecule has 2 aliphatic rings. The number of hydrogen-bond donors (Lipinski definition) is 1. The molecule has 1 atom stereocenters. The number of carbonyl (C=O) groups excluding carboxylic acids is 2. The van der Waals surface area contributed by atoms with Gasteiger partial charge in [0.15, 0.2) is 0 Å². The van der Waals surface area contributed by atoms with Gasteiger partial charge in [0.05, 0.1) is 31.4 Å². The fourth-order valence-electron chi connectivity index (χ4n) is 4.29. The number of Topliss-reactive ketones (excluding diaryl/α,β-unsaturated/α-hetero) is 1. The second-order valence-corrected chi connectivity index (χ2v) is 8.34. The topological polar surface area (TPSA) is 79.3 Å². The molecule has 1 unspecified atom stereocenters. The van der Waals surface area contributed by atoms with Crippen LogP contribution in [0.2, 0.25) is 0 Å². The minimum Gasteiger partial charge on any atom is -0.507 e. The molecule has 0 radical (unpaired) electrons. The third kappa shape index (κ3) is 4.98. The number of benzene rings is 2. The highest BCUT2D eigenvalue weighted by Crippen LogP contribution is 2.40. The van der Waals surface area contributed by atoms with Gasteiger partial charge in [0.25, 0.3) is 11.7 Å².